The first-order chi connectivity index (χ1) is 8.97. The molecule has 2 rings (SSSR count). The number of nitrogens with zero attached hydrogens (tertiary/aromatic N) is 4. The lowest BCUT2D eigenvalue weighted by Gasteiger charge is -2.27. The first kappa shape index (κ1) is 13.6. The average molecular weight is 261 g/mol. The molecular weight excluding hydrogens is 238 g/mol. The standard InChI is InChI=1S/C14H23N5/c1-10(2)7-19(8-11(3)4)14-13-16-5-6-18(13)9-12(15)17-14/h5-6,9-11H,7-8,15H2,1-4H3. The Morgan fingerprint density at radius 3 is 2.42 bits per heavy atom. The Labute approximate surface area is 114 Å². The Balaban J connectivity index is 2.44. The maximum absolute atomic E-state index is 5.90. The minimum absolute atomic E-state index is 0.526. The van der Waals surface area contributed by atoms with E-state index in [4.69, 9.17) is 5.73 Å². The van der Waals surface area contributed by atoms with E-state index >= 15 is 0 Å². The molecule has 5 nitrogen and oxygen atoms in total. The zero-order chi connectivity index (χ0) is 14.0. The Bertz CT molecular complexity index is 534. The fourth-order valence-electron chi connectivity index (χ4n) is 2.28. The summed E-state index contributed by atoms with van der Waals surface area (Å²) in [4.78, 5) is 11.2. The van der Waals surface area contributed by atoms with Gasteiger partial charge in [-0.25, -0.2) is 9.97 Å². The van der Waals surface area contributed by atoms with Gasteiger partial charge in [0.05, 0.1) is 6.20 Å². The van der Waals surface area contributed by atoms with Gasteiger partial charge in [-0.3, -0.25) is 0 Å². The lowest BCUT2D eigenvalue weighted by molar-refractivity contribution is 0.549. The topological polar surface area (TPSA) is 59.5 Å². The highest BCUT2D eigenvalue weighted by Crippen LogP contribution is 2.21. The molecule has 0 fully saturated rings. The van der Waals surface area contributed by atoms with Gasteiger partial charge in [0.15, 0.2) is 11.5 Å². The molecule has 0 saturated carbocycles. The summed E-state index contributed by atoms with van der Waals surface area (Å²) in [6.45, 7) is 10.8. The monoisotopic (exact) mass is 261 g/mol. The van der Waals surface area contributed by atoms with Gasteiger partial charge in [-0.15, -0.1) is 0 Å². The highest BCUT2D eigenvalue weighted by molar-refractivity contribution is 5.66. The Morgan fingerprint density at radius 1 is 1.21 bits per heavy atom. The lowest BCUT2D eigenvalue weighted by Crippen LogP contribution is -2.32. The quantitative estimate of drug-likeness (QED) is 0.898. The van der Waals surface area contributed by atoms with Gasteiger partial charge in [0.25, 0.3) is 0 Å². The SMILES string of the molecule is CC(C)CN(CC(C)C)c1nc(N)cn2ccnc12. The molecule has 19 heavy (non-hydrogen) atoms. The summed E-state index contributed by atoms with van der Waals surface area (Å²) in [5, 5.41) is 0. The van der Waals surface area contributed by atoms with E-state index in [9.17, 15) is 0 Å². The molecule has 5 heteroatoms. The molecule has 0 aliphatic rings. The van der Waals surface area contributed by atoms with Gasteiger partial charge in [0.2, 0.25) is 0 Å². The molecule has 2 N–H and O–H groups in total. The van der Waals surface area contributed by atoms with Crippen molar-refractivity contribution in [1.82, 2.24) is 14.4 Å². The van der Waals surface area contributed by atoms with E-state index in [0.29, 0.717) is 17.7 Å². The highest BCUT2D eigenvalue weighted by atomic mass is 15.2. The van der Waals surface area contributed by atoms with Gasteiger partial charge < -0.3 is 15.0 Å². The Kier molecular flexibility index (Phi) is 3.93. The van der Waals surface area contributed by atoms with Crippen LogP contribution in [0.2, 0.25) is 0 Å². The zero-order valence-corrected chi connectivity index (χ0v) is 12.2. The highest BCUT2D eigenvalue weighted by Gasteiger charge is 2.16. The van der Waals surface area contributed by atoms with Gasteiger partial charge in [-0.1, -0.05) is 27.7 Å². The van der Waals surface area contributed by atoms with Crippen molar-refractivity contribution in [2.75, 3.05) is 23.7 Å². The van der Waals surface area contributed by atoms with Crippen LogP contribution in [0.4, 0.5) is 11.6 Å². The Morgan fingerprint density at radius 2 is 1.84 bits per heavy atom. The van der Waals surface area contributed by atoms with Crippen LogP contribution in [0.5, 0.6) is 0 Å². The van der Waals surface area contributed by atoms with Crippen LogP contribution in [0.25, 0.3) is 5.65 Å². The largest absolute Gasteiger partial charge is 0.382 e. The van der Waals surface area contributed by atoms with E-state index in [2.05, 4.69) is 42.6 Å². The molecule has 0 saturated heterocycles. The number of hydrogen-bond acceptors (Lipinski definition) is 4. The van der Waals surface area contributed by atoms with Crippen molar-refractivity contribution in [3.8, 4) is 0 Å². The third-order valence-electron chi connectivity index (χ3n) is 2.85. The Hall–Kier alpha value is -1.78. The van der Waals surface area contributed by atoms with Crippen molar-refractivity contribution in [2.24, 2.45) is 11.8 Å². The number of nitrogen functional groups attached to an aromatic ring is 1. The molecule has 0 aliphatic heterocycles. The molecule has 2 heterocycles. The smallest absolute Gasteiger partial charge is 0.180 e. The van der Waals surface area contributed by atoms with Crippen molar-refractivity contribution < 1.29 is 0 Å². The van der Waals surface area contributed by atoms with Crippen molar-refractivity contribution in [1.29, 1.82) is 0 Å². The minimum Gasteiger partial charge on any atom is -0.382 e. The number of rotatable bonds is 5. The first-order valence-electron chi connectivity index (χ1n) is 6.81. The molecule has 0 bridgehead atoms. The van der Waals surface area contributed by atoms with E-state index in [0.717, 1.165) is 24.6 Å². The molecule has 0 amide bonds. The molecule has 0 aliphatic carbocycles. The van der Waals surface area contributed by atoms with Crippen LogP contribution in [-0.2, 0) is 0 Å². The summed E-state index contributed by atoms with van der Waals surface area (Å²) >= 11 is 0. The third kappa shape index (κ3) is 3.16. The number of fused-ring (bicyclic) bond motifs is 1. The predicted molar refractivity (Wildman–Crippen MR) is 79.3 cm³/mol. The lowest BCUT2D eigenvalue weighted by atomic mass is 10.1. The van der Waals surface area contributed by atoms with E-state index in [1.54, 1.807) is 12.4 Å². The summed E-state index contributed by atoms with van der Waals surface area (Å²) in [5.41, 5.74) is 6.77. The van der Waals surface area contributed by atoms with Crippen LogP contribution in [0.15, 0.2) is 18.6 Å². The summed E-state index contributed by atoms with van der Waals surface area (Å²) in [5.74, 6) is 2.54. The van der Waals surface area contributed by atoms with Crippen LogP contribution in [0.1, 0.15) is 27.7 Å². The number of nitrogens with two attached hydrogens (primary N) is 1. The van der Waals surface area contributed by atoms with E-state index < -0.39 is 0 Å². The molecule has 104 valence electrons. The van der Waals surface area contributed by atoms with E-state index in [1.807, 2.05) is 10.6 Å². The van der Waals surface area contributed by atoms with Crippen molar-refractivity contribution in [3.05, 3.63) is 18.6 Å². The molecule has 0 atom stereocenters. The number of aromatic nitrogens is 3. The second-order valence-electron chi connectivity index (χ2n) is 5.84. The maximum atomic E-state index is 5.90. The zero-order valence-electron chi connectivity index (χ0n) is 12.2. The summed E-state index contributed by atoms with van der Waals surface area (Å²) < 4.78 is 1.94. The summed E-state index contributed by atoms with van der Waals surface area (Å²) in [7, 11) is 0. The molecule has 0 unspecified atom stereocenters. The number of anilines is 2. The van der Waals surface area contributed by atoms with Crippen molar-refractivity contribution in [2.45, 2.75) is 27.7 Å². The van der Waals surface area contributed by atoms with Gasteiger partial charge in [0.1, 0.15) is 5.82 Å². The predicted octanol–water partition coefficient (Wildman–Crippen LogP) is 2.43. The van der Waals surface area contributed by atoms with Gasteiger partial charge in [0, 0.05) is 25.5 Å². The van der Waals surface area contributed by atoms with Gasteiger partial charge in [-0.05, 0) is 11.8 Å². The first-order valence-corrected chi connectivity index (χ1v) is 6.81. The molecule has 2 aromatic rings. The number of hydrogen-bond donors (Lipinski definition) is 1. The van der Waals surface area contributed by atoms with Gasteiger partial charge in [-0.2, -0.15) is 0 Å². The summed E-state index contributed by atoms with van der Waals surface area (Å²) in [6, 6.07) is 0. The molecule has 0 aromatic carbocycles. The molecular formula is C14H23N5. The fourth-order valence-corrected chi connectivity index (χ4v) is 2.28. The van der Waals surface area contributed by atoms with Crippen LogP contribution in [0, 0.1) is 11.8 Å². The molecule has 0 spiro atoms. The van der Waals surface area contributed by atoms with E-state index in [1.165, 1.54) is 0 Å². The second kappa shape index (κ2) is 5.47. The fraction of sp³-hybridized carbons (Fsp3) is 0.571. The number of imidazole rings is 1. The third-order valence-corrected chi connectivity index (χ3v) is 2.85. The van der Waals surface area contributed by atoms with Crippen molar-refractivity contribution in [3.63, 3.8) is 0 Å². The van der Waals surface area contributed by atoms with Crippen LogP contribution in [-0.4, -0.2) is 27.5 Å². The van der Waals surface area contributed by atoms with E-state index in [-0.39, 0.29) is 0 Å². The maximum Gasteiger partial charge on any atom is 0.180 e. The van der Waals surface area contributed by atoms with Crippen molar-refractivity contribution >= 4 is 17.3 Å². The molecule has 0 radical (unpaired) electrons. The van der Waals surface area contributed by atoms with Crippen LogP contribution < -0.4 is 10.6 Å². The summed E-state index contributed by atoms with van der Waals surface area (Å²) in [6.07, 6.45) is 5.48. The second-order valence-corrected chi connectivity index (χ2v) is 5.84. The average Bonchev–Trinajstić information content (AvgIpc) is 2.73. The molecule has 2 aromatic heterocycles. The van der Waals surface area contributed by atoms with Crippen LogP contribution >= 0.6 is 0 Å². The van der Waals surface area contributed by atoms with Crippen LogP contribution in [0.3, 0.4) is 0 Å². The minimum atomic E-state index is 0.526. The van der Waals surface area contributed by atoms with Gasteiger partial charge >= 0.3 is 0 Å². The normalized spacial score (nSPS) is 11.7.